The summed E-state index contributed by atoms with van der Waals surface area (Å²) in [5.41, 5.74) is 1.91. The minimum atomic E-state index is -3.74. The first-order valence-electron chi connectivity index (χ1n) is 11.4. The number of rotatable bonds is 9. The maximum atomic E-state index is 13.3. The van der Waals surface area contributed by atoms with Crippen molar-refractivity contribution in [3.63, 3.8) is 0 Å². The van der Waals surface area contributed by atoms with Crippen LogP contribution in [0.3, 0.4) is 0 Å². The summed E-state index contributed by atoms with van der Waals surface area (Å²) in [7, 11) is -2.48. The van der Waals surface area contributed by atoms with Crippen molar-refractivity contribution in [3.05, 3.63) is 105 Å². The summed E-state index contributed by atoms with van der Waals surface area (Å²) in [6.07, 6.45) is 2.10. The van der Waals surface area contributed by atoms with Crippen molar-refractivity contribution in [2.75, 3.05) is 13.7 Å². The molecule has 1 aliphatic rings. The van der Waals surface area contributed by atoms with Crippen LogP contribution in [0.2, 0.25) is 0 Å². The van der Waals surface area contributed by atoms with E-state index in [0.29, 0.717) is 30.2 Å². The highest BCUT2D eigenvalue weighted by Crippen LogP contribution is 2.32. The fourth-order valence-electron chi connectivity index (χ4n) is 3.96. The van der Waals surface area contributed by atoms with Gasteiger partial charge in [-0.2, -0.15) is 0 Å². The molecule has 0 unspecified atom stereocenters. The Labute approximate surface area is 223 Å². The quantitative estimate of drug-likeness (QED) is 0.294. The number of halogens is 1. The molecule has 0 atom stereocenters. The van der Waals surface area contributed by atoms with Crippen molar-refractivity contribution in [2.24, 2.45) is 0 Å². The van der Waals surface area contributed by atoms with Gasteiger partial charge in [0.2, 0.25) is 10.0 Å². The molecule has 37 heavy (non-hydrogen) atoms. The lowest BCUT2D eigenvalue weighted by molar-refractivity contribution is -0.136. The summed E-state index contributed by atoms with van der Waals surface area (Å²) < 4.78 is 39.0. The SMILES string of the molecule is COC(=O)C1=C(C)N(CCc2ccccc2)C(=O)C1=Cc1ccc(CNS(=O)(=O)c2ccc(Br)cc2)o1. The van der Waals surface area contributed by atoms with Gasteiger partial charge in [-0.3, -0.25) is 4.79 Å². The van der Waals surface area contributed by atoms with Gasteiger partial charge in [-0.05, 0) is 61.4 Å². The fraction of sp³-hybridized carbons (Fsp3) is 0.185. The minimum Gasteiger partial charge on any atom is -0.465 e. The number of hydrogen-bond donors (Lipinski definition) is 1. The first kappa shape index (κ1) is 26.6. The molecule has 4 rings (SSSR count). The second-order valence-corrected chi connectivity index (χ2v) is 11.0. The standard InChI is InChI=1S/C27H25BrN2O6S/c1-18-25(27(32)35-2)24(26(31)30(18)15-14-19-6-4-3-5-7-19)16-21-10-11-22(36-21)17-29-37(33,34)23-12-8-20(28)9-13-23/h3-13,16,29H,14-15,17H2,1-2H3. The van der Waals surface area contributed by atoms with Crippen molar-refractivity contribution >= 4 is 43.9 Å². The molecule has 10 heteroatoms. The van der Waals surface area contributed by atoms with Crippen molar-refractivity contribution in [1.29, 1.82) is 0 Å². The van der Waals surface area contributed by atoms with Crippen LogP contribution in [0, 0.1) is 0 Å². The number of furan rings is 1. The number of hydrogen-bond acceptors (Lipinski definition) is 6. The van der Waals surface area contributed by atoms with Gasteiger partial charge in [0.1, 0.15) is 11.5 Å². The van der Waals surface area contributed by atoms with E-state index in [4.69, 9.17) is 9.15 Å². The molecule has 3 aromatic rings. The van der Waals surface area contributed by atoms with Gasteiger partial charge < -0.3 is 14.1 Å². The van der Waals surface area contributed by atoms with Crippen molar-refractivity contribution in [3.8, 4) is 0 Å². The lowest BCUT2D eigenvalue weighted by Gasteiger charge is -2.17. The summed E-state index contributed by atoms with van der Waals surface area (Å²) in [5, 5.41) is 0. The van der Waals surface area contributed by atoms with Gasteiger partial charge in [-0.15, -0.1) is 0 Å². The second-order valence-electron chi connectivity index (χ2n) is 8.28. The first-order chi connectivity index (χ1) is 17.7. The van der Waals surface area contributed by atoms with Crippen LogP contribution in [0.4, 0.5) is 0 Å². The van der Waals surface area contributed by atoms with Gasteiger partial charge >= 0.3 is 5.97 Å². The van der Waals surface area contributed by atoms with Gasteiger partial charge in [-0.25, -0.2) is 17.9 Å². The van der Waals surface area contributed by atoms with Crippen LogP contribution in [0.15, 0.2) is 97.4 Å². The molecule has 0 saturated heterocycles. The van der Waals surface area contributed by atoms with Crippen molar-refractivity contribution in [1.82, 2.24) is 9.62 Å². The van der Waals surface area contributed by atoms with Crippen LogP contribution >= 0.6 is 15.9 Å². The number of sulfonamides is 1. The molecule has 0 spiro atoms. The largest absolute Gasteiger partial charge is 0.465 e. The lowest BCUT2D eigenvalue weighted by atomic mass is 10.1. The predicted molar refractivity (Wildman–Crippen MR) is 141 cm³/mol. The molecule has 0 fully saturated rings. The number of ether oxygens (including phenoxy) is 1. The van der Waals surface area contributed by atoms with Crippen molar-refractivity contribution < 1.29 is 27.2 Å². The number of methoxy groups -OCH3 is 1. The molecule has 1 aromatic heterocycles. The lowest BCUT2D eigenvalue weighted by Crippen LogP contribution is -2.27. The van der Waals surface area contributed by atoms with E-state index in [2.05, 4.69) is 20.7 Å². The summed E-state index contributed by atoms with van der Waals surface area (Å²) in [4.78, 5) is 27.5. The monoisotopic (exact) mass is 584 g/mol. The first-order valence-corrected chi connectivity index (χ1v) is 13.7. The Hall–Kier alpha value is -3.47. The Morgan fingerprint density at radius 1 is 1.08 bits per heavy atom. The third kappa shape index (κ3) is 6.10. The van der Waals surface area contributed by atoms with Gasteiger partial charge in [0.15, 0.2) is 0 Å². The third-order valence-corrected chi connectivity index (χ3v) is 7.84. The van der Waals surface area contributed by atoms with Gasteiger partial charge in [-0.1, -0.05) is 46.3 Å². The molecule has 192 valence electrons. The average molecular weight is 585 g/mol. The average Bonchev–Trinajstić information content (AvgIpc) is 3.44. The number of benzene rings is 2. The molecule has 1 aliphatic heterocycles. The zero-order chi connectivity index (χ0) is 26.6. The summed E-state index contributed by atoms with van der Waals surface area (Å²) in [5.74, 6) is -0.296. The number of esters is 1. The Morgan fingerprint density at radius 3 is 2.46 bits per heavy atom. The van der Waals surface area contributed by atoms with Gasteiger partial charge in [0.05, 0.1) is 29.7 Å². The van der Waals surface area contributed by atoms with E-state index < -0.39 is 16.0 Å². The number of nitrogens with zero attached hydrogens (tertiary/aromatic N) is 1. The molecular weight excluding hydrogens is 560 g/mol. The van der Waals surface area contributed by atoms with E-state index in [1.54, 1.807) is 36.1 Å². The molecule has 8 nitrogen and oxygen atoms in total. The Balaban J connectivity index is 1.52. The molecule has 0 bridgehead atoms. The highest BCUT2D eigenvalue weighted by Gasteiger charge is 2.37. The summed E-state index contributed by atoms with van der Waals surface area (Å²) in [6, 6.07) is 19.2. The van der Waals surface area contributed by atoms with Crippen LogP contribution in [0.1, 0.15) is 24.0 Å². The molecule has 2 heterocycles. The van der Waals surface area contributed by atoms with Gasteiger partial charge in [0, 0.05) is 16.7 Å². The van der Waals surface area contributed by atoms with E-state index in [1.165, 1.54) is 25.3 Å². The minimum absolute atomic E-state index is 0.0859. The third-order valence-electron chi connectivity index (χ3n) is 5.90. The molecule has 2 aromatic carbocycles. The Morgan fingerprint density at radius 2 is 1.78 bits per heavy atom. The van der Waals surface area contributed by atoms with E-state index >= 15 is 0 Å². The van der Waals surface area contributed by atoms with Crippen LogP contribution in [0.25, 0.3) is 6.08 Å². The van der Waals surface area contributed by atoms with E-state index in [1.807, 2.05) is 30.3 Å². The maximum absolute atomic E-state index is 13.3. The van der Waals surface area contributed by atoms with Crippen LogP contribution in [-0.2, 0) is 37.3 Å². The molecule has 0 saturated carbocycles. The van der Waals surface area contributed by atoms with Crippen LogP contribution in [0.5, 0.6) is 0 Å². The topological polar surface area (TPSA) is 106 Å². The summed E-state index contributed by atoms with van der Waals surface area (Å²) in [6.45, 7) is 2.02. The summed E-state index contributed by atoms with van der Waals surface area (Å²) >= 11 is 3.28. The molecule has 1 amide bonds. The molecule has 0 radical (unpaired) electrons. The zero-order valence-electron chi connectivity index (χ0n) is 20.2. The smallest absolute Gasteiger partial charge is 0.340 e. The highest BCUT2D eigenvalue weighted by atomic mass is 79.9. The molecule has 0 aliphatic carbocycles. The maximum Gasteiger partial charge on any atom is 0.340 e. The molecule has 1 N–H and O–H groups in total. The van der Waals surface area contributed by atoms with Crippen LogP contribution in [-0.4, -0.2) is 38.8 Å². The number of carbonyl (C=O) groups is 2. The Kier molecular flexibility index (Phi) is 8.11. The van der Waals surface area contributed by atoms with Crippen molar-refractivity contribution in [2.45, 2.75) is 24.8 Å². The number of carbonyl (C=O) groups excluding carboxylic acids is 2. The molecular formula is C27H25BrN2O6S. The van der Waals surface area contributed by atoms with E-state index in [9.17, 15) is 18.0 Å². The zero-order valence-corrected chi connectivity index (χ0v) is 22.6. The number of amides is 1. The van der Waals surface area contributed by atoms with Gasteiger partial charge in [0.25, 0.3) is 5.91 Å². The highest BCUT2D eigenvalue weighted by molar-refractivity contribution is 9.10. The predicted octanol–water partition coefficient (Wildman–Crippen LogP) is 4.44. The Bertz CT molecular complexity index is 1470. The normalized spacial score (nSPS) is 15.1. The number of nitrogens with one attached hydrogen (secondary N) is 1. The van der Waals surface area contributed by atoms with E-state index in [-0.39, 0.29) is 28.5 Å². The second kappa shape index (κ2) is 11.3. The van der Waals surface area contributed by atoms with Crippen LogP contribution < -0.4 is 4.72 Å². The number of allylic oxidation sites excluding steroid dienone is 1. The fourth-order valence-corrected chi connectivity index (χ4v) is 5.21. The van der Waals surface area contributed by atoms with E-state index in [0.717, 1.165) is 10.0 Å².